The van der Waals surface area contributed by atoms with E-state index in [1.165, 1.54) is 39.6 Å². The van der Waals surface area contributed by atoms with Gasteiger partial charge >= 0.3 is 0 Å². The van der Waals surface area contributed by atoms with Gasteiger partial charge in [0, 0.05) is 0 Å². The lowest BCUT2D eigenvalue weighted by molar-refractivity contribution is 0.240. The van der Waals surface area contributed by atoms with Crippen molar-refractivity contribution in [1.82, 2.24) is 35.2 Å². The number of hydrazine groups is 2. The molecule has 0 unspecified atom stereocenters. The molecule has 0 aliphatic heterocycles. The average Bonchev–Trinajstić information content (AvgIpc) is 2.78. The van der Waals surface area contributed by atoms with Crippen LogP contribution in [0.1, 0.15) is 39.7 Å². The predicted octanol–water partition coefficient (Wildman–Crippen LogP) is -1.08. The van der Waals surface area contributed by atoms with Crippen molar-refractivity contribution >= 4 is 34.0 Å². The molecule has 0 saturated carbocycles. The van der Waals surface area contributed by atoms with E-state index in [0.717, 1.165) is 13.0 Å². The summed E-state index contributed by atoms with van der Waals surface area (Å²) in [5, 5.41) is 20.4. The summed E-state index contributed by atoms with van der Waals surface area (Å²) >= 11 is 0. The van der Waals surface area contributed by atoms with Crippen molar-refractivity contribution in [3.63, 3.8) is 0 Å². The largest absolute Gasteiger partial charge is 0.388 e. The molecule has 15 heteroatoms. The molecule has 0 amide bonds. The average molecular weight is 474 g/mol. The van der Waals surface area contributed by atoms with E-state index in [1.54, 1.807) is 6.92 Å². The molecule has 9 N–H and O–H groups in total. The number of hydrazone groups is 2. The van der Waals surface area contributed by atoms with Crippen molar-refractivity contribution in [2.45, 2.75) is 39.7 Å². The number of hydrogen-bond acceptors (Lipinski definition) is 11. The smallest absolute Gasteiger partial charge is 0.275 e. The highest BCUT2D eigenvalue weighted by atomic mass is 16.1. The number of nitrogens with zero attached hydrogens (tertiary/aromatic N) is 8. The van der Waals surface area contributed by atoms with Gasteiger partial charge in [-0.15, -0.1) is 10.2 Å². The maximum atomic E-state index is 12.9. The second-order valence-electron chi connectivity index (χ2n) is 7.34. The molecule has 3 aromatic rings. The minimum atomic E-state index is -0.386. The topological polar surface area (TPSA) is 229 Å². The zero-order valence-corrected chi connectivity index (χ0v) is 19.4. The maximum absolute atomic E-state index is 12.9. The Morgan fingerprint density at radius 2 is 1.91 bits per heavy atom. The van der Waals surface area contributed by atoms with Gasteiger partial charge in [0.2, 0.25) is 0 Å². The van der Waals surface area contributed by atoms with Crippen LogP contribution in [-0.2, 0) is 0 Å². The lowest BCUT2D eigenvalue weighted by Crippen LogP contribution is -2.37. The second kappa shape index (κ2) is 12.2. The van der Waals surface area contributed by atoms with Crippen LogP contribution in [0.3, 0.4) is 0 Å². The fourth-order valence-corrected chi connectivity index (χ4v) is 3.13. The first-order valence-electron chi connectivity index (χ1n) is 10.6. The fourth-order valence-electron chi connectivity index (χ4n) is 3.13. The van der Waals surface area contributed by atoms with Crippen LogP contribution >= 0.6 is 0 Å². The van der Waals surface area contributed by atoms with Crippen LogP contribution in [0.5, 0.6) is 0 Å². The van der Waals surface area contributed by atoms with E-state index in [2.05, 4.69) is 30.6 Å². The molecule has 184 valence electrons. The van der Waals surface area contributed by atoms with E-state index >= 15 is 0 Å². The van der Waals surface area contributed by atoms with E-state index in [0.29, 0.717) is 34.1 Å². The third kappa shape index (κ3) is 6.69. The number of benzene rings is 1. The quantitative estimate of drug-likeness (QED) is 0.0868. The van der Waals surface area contributed by atoms with Gasteiger partial charge in [-0.1, -0.05) is 19.1 Å². The van der Waals surface area contributed by atoms with Crippen molar-refractivity contribution < 1.29 is 0 Å². The molecular formula is C19H31N13O2. The van der Waals surface area contributed by atoms with Gasteiger partial charge in [0.05, 0.1) is 41.7 Å². The Morgan fingerprint density at radius 1 is 1.21 bits per heavy atom. The zero-order chi connectivity index (χ0) is 25.3. The lowest BCUT2D eigenvalue weighted by Gasteiger charge is -2.22. The summed E-state index contributed by atoms with van der Waals surface area (Å²) in [4.78, 5) is 29.1. The second-order valence-corrected chi connectivity index (χ2v) is 7.34. The summed E-state index contributed by atoms with van der Waals surface area (Å²) in [5.74, 6) is 11.4. The molecule has 1 aromatic carbocycles. The fraction of sp³-hybridized carbons (Fsp3) is 0.421. The molecule has 0 spiro atoms. The number of fused-ring (bicyclic) bond motifs is 2. The molecule has 0 aliphatic rings. The number of rotatable bonds is 8. The molecule has 2 heterocycles. The van der Waals surface area contributed by atoms with Crippen LogP contribution in [-0.4, -0.2) is 60.5 Å². The Balaban J connectivity index is 0.000000440. The molecular weight excluding hydrogens is 442 g/mol. The van der Waals surface area contributed by atoms with Gasteiger partial charge in [0.1, 0.15) is 17.7 Å². The van der Waals surface area contributed by atoms with Crippen LogP contribution < -0.4 is 34.3 Å². The highest BCUT2D eigenvalue weighted by Crippen LogP contribution is 2.16. The highest BCUT2D eigenvalue weighted by molar-refractivity contribution is 5.93. The summed E-state index contributed by atoms with van der Waals surface area (Å²) < 4.78 is 1.50. The van der Waals surface area contributed by atoms with Crippen molar-refractivity contribution in [3.8, 4) is 0 Å². The van der Waals surface area contributed by atoms with Crippen LogP contribution in [0.25, 0.3) is 21.8 Å². The number of hydrogen-bond donors (Lipinski definition) is 5. The minimum Gasteiger partial charge on any atom is -0.388 e. The van der Waals surface area contributed by atoms with Gasteiger partial charge in [0.25, 0.3) is 11.1 Å². The third-order valence-electron chi connectivity index (χ3n) is 4.67. The number of H-pyrrole nitrogens is 1. The monoisotopic (exact) mass is 473 g/mol. The van der Waals surface area contributed by atoms with Gasteiger partial charge in [-0.3, -0.25) is 14.2 Å². The molecule has 34 heavy (non-hydrogen) atoms. The molecule has 0 fully saturated rings. The lowest BCUT2D eigenvalue weighted by atomic mass is 10.1. The first kappa shape index (κ1) is 26.1. The molecule has 1 atom stereocenters. The number of nitrogens with one attached hydrogen (secondary N) is 1. The summed E-state index contributed by atoms with van der Waals surface area (Å²) in [6.45, 7) is 6.60. The molecule has 15 nitrogen and oxygen atoms in total. The van der Waals surface area contributed by atoms with Crippen molar-refractivity contribution in [2.24, 2.45) is 33.4 Å². The van der Waals surface area contributed by atoms with Crippen LogP contribution in [0.4, 0.5) is 0 Å². The molecule has 0 saturated heterocycles. The first-order chi connectivity index (χ1) is 16.2. The van der Waals surface area contributed by atoms with E-state index in [1.807, 2.05) is 13.8 Å². The van der Waals surface area contributed by atoms with E-state index in [-0.39, 0.29) is 23.7 Å². The summed E-state index contributed by atoms with van der Waals surface area (Å²) in [5.41, 5.74) is 10.6. The van der Waals surface area contributed by atoms with Crippen LogP contribution in [0.2, 0.25) is 0 Å². The van der Waals surface area contributed by atoms with Gasteiger partial charge in [0.15, 0.2) is 0 Å². The minimum absolute atomic E-state index is 0.256. The van der Waals surface area contributed by atoms with Crippen LogP contribution in [0.15, 0.2) is 38.3 Å². The van der Waals surface area contributed by atoms with Gasteiger partial charge < -0.3 is 11.5 Å². The van der Waals surface area contributed by atoms with E-state index in [9.17, 15) is 9.59 Å². The molecule has 0 radical (unpaired) electrons. The standard InChI is InChI=1S/C15H19N9O2.C4H12N4/c1-3-9(6-24(17)21-8(2)16)23-7-18-12-4-10-13(5-11(12)15(23)26)19-22-20-14(10)25;1-2-3-8(6)7-4-5/h4-5,7,9H,3,6,17H2,1-2H3,(H2,16,21)(H,19,20,25);4H,2-3,6H2,1H3,(H2,5,7)/t9-;/m1./s1. The normalized spacial score (nSPS) is 12.6. The first-order valence-corrected chi connectivity index (χ1v) is 10.6. The van der Waals surface area contributed by atoms with Crippen molar-refractivity contribution in [3.05, 3.63) is 39.2 Å². The summed E-state index contributed by atoms with van der Waals surface area (Å²) in [7, 11) is 0. The predicted molar refractivity (Wildman–Crippen MR) is 131 cm³/mol. The third-order valence-corrected chi connectivity index (χ3v) is 4.67. The SMILES string of the molecule is CCCN(N)/N=C\N.CC[C@H](CN(N)/N=C(/C)N)n1cnc2cc3c(=O)[nH]nnc3cc2c1=O. The van der Waals surface area contributed by atoms with Crippen molar-refractivity contribution in [2.75, 3.05) is 13.1 Å². The Bertz CT molecular complexity index is 1260. The van der Waals surface area contributed by atoms with Gasteiger partial charge in [-0.2, -0.15) is 5.10 Å². The number of aromatic nitrogens is 5. The molecule has 2 aromatic heterocycles. The Morgan fingerprint density at radius 3 is 2.53 bits per heavy atom. The van der Waals surface area contributed by atoms with E-state index < -0.39 is 0 Å². The number of amidine groups is 1. The van der Waals surface area contributed by atoms with Gasteiger partial charge in [-0.05, 0) is 31.9 Å². The maximum Gasteiger partial charge on any atom is 0.275 e. The molecule has 0 aliphatic carbocycles. The summed E-state index contributed by atoms with van der Waals surface area (Å²) in [6.07, 6.45) is 4.23. The molecule has 0 bridgehead atoms. The van der Waals surface area contributed by atoms with E-state index in [4.69, 9.17) is 23.2 Å². The Labute approximate surface area is 195 Å². The zero-order valence-electron chi connectivity index (χ0n) is 19.4. The Kier molecular flexibility index (Phi) is 9.39. The van der Waals surface area contributed by atoms with Gasteiger partial charge in [-0.25, -0.2) is 32.0 Å². The number of aromatic amines is 1. The molecule has 3 rings (SSSR count). The van der Waals surface area contributed by atoms with Crippen molar-refractivity contribution in [1.29, 1.82) is 0 Å². The summed E-state index contributed by atoms with van der Waals surface area (Å²) in [6, 6.07) is 2.80. The highest BCUT2D eigenvalue weighted by Gasteiger charge is 2.16. The Hall–Kier alpha value is -4.11. The number of nitrogens with two attached hydrogens (primary N) is 4. The van der Waals surface area contributed by atoms with Crippen LogP contribution in [0, 0.1) is 0 Å².